The zero-order chi connectivity index (χ0) is 14.3. The molecule has 112 valence electrons. The topological polar surface area (TPSA) is 24.9 Å². The zero-order valence-corrected chi connectivity index (χ0v) is 12.9. The Balaban J connectivity index is 1.44. The molecule has 0 bridgehead atoms. The number of fused-ring (bicyclic) bond motifs is 1. The molecule has 0 spiro atoms. The number of nitrogens with one attached hydrogen (secondary N) is 1. The Morgan fingerprint density at radius 2 is 1.86 bits per heavy atom. The van der Waals surface area contributed by atoms with Gasteiger partial charge in [0.05, 0.1) is 5.52 Å². The predicted molar refractivity (Wildman–Crippen MR) is 89.5 cm³/mol. The molecule has 1 aromatic heterocycles. The first-order valence-corrected chi connectivity index (χ1v) is 8.47. The number of nitrogens with zero attached hydrogens (tertiary/aromatic N) is 1. The molecule has 1 saturated carbocycles. The molecule has 1 aromatic carbocycles. The molecule has 3 rings (SSSR count). The van der Waals surface area contributed by atoms with Gasteiger partial charge < -0.3 is 5.32 Å². The normalized spacial score (nSPS) is 16.4. The molecule has 21 heavy (non-hydrogen) atoms. The first-order valence-electron chi connectivity index (χ1n) is 8.47. The summed E-state index contributed by atoms with van der Waals surface area (Å²) in [6, 6.07) is 10.6. The van der Waals surface area contributed by atoms with Crippen molar-refractivity contribution in [2.24, 2.45) is 5.92 Å². The molecule has 2 aromatic rings. The van der Waals surface area contributed by atoms with Gasteiger partial charge in [0.25, 0.3) is 0 Å². The molecule has 0 radical (unpaired) electrons. The minimum Gasteiger partial charge on any atom is -0.316 e. The standard InChI is InChI=1S/C19H26N2/c1-2-6-16(7-3-1)11-14-20-15-12-18-9-4-8-17-10-5-13-21-19(17)18/h4-5,8-10,13,16,20H,1-3,6-7,11-12,14-15H2. The van der Waals surface area contributed by atoms with Crippen molar-refractivity contribution in [3.8, 4) is 0 Å². The quantitative estimate of drug-likeness (QED) is 0.797. The van der Waals surface area contributed by atoms with E-state index in [9.17, 15) is 0 Å². The fraction of sp³-hybridized carbons (Fsp3) is 0.526. The van der Waals surface area contributed by atoms with Crippen molar-refractivity contribution >= 4 is 10.9 Å². The molecule has 0 aliphatic heterocycles. The molecule has 1 aliphatic rings. The van der Waals surface area contributed by atoms with E-state index < -0.39 is 0 Å². The van der Waals surface area contributed by atoms with E-state index in [1.165, 1.54) is 56.0 Å². The lowest BCUT2D eigenvalue weighted by Gasteiger charge is -2.21. The van der Waals surface area contributed by atoms with Gasteiger partial charge in [0.2, 0.25) is 0 Å². The van der Waals surface area contributed by atoms with Gasteiger partial charge >= 0.3 is 0 Å². The minimum atomic E-state index is 0.977. The highest BCUT2D eigenvalue weighted by atomic mass is 14.8. The highest BCUT2D eigenvalue weighted by Gasteiger charge is 2.12. The fourth-order valence-electron chi connectivity index (χ4n) is 3.50. The molecular formula is C19H26N2. The number of pyridine rings is 1. The largest absolute Gasteiger partial charge is 0.316 e. The molecule has 1 aliphatic carbocycles. The van der Waals surface area contributed by atoms with Gasteiger partial charge in [0.15, 0.2) is 0 Å². The maximum atomic E-state index is 4.53. The summed E-state index contributed by atoms with van der Waals surface area (Å²) in [6.45, 7) is 2.23. The smallest absolute Gasteiger partial charge is 0.0734 e. The Morgan fingerprint density at radius 3 is 2.76 bits per heavy atom. The third kappa shape index (κ3) is 4.04. The van der Waals surface area contributed by atoms with Gasteiger partial charge in [-0.05, 0) is 43.5 Å². The fourth-order valence-corrected chi connectivity index (χ4v) is 3.50. The van der Waals surface area contributed by atoms with Gasteiger partial charge in [0.1, 0.15) is 0 Å². The van der Waals surface area contributed by atoms with E-state index in [2.05, 4.69) is 34.6 Å². The van der Waals surface area contributed by atoms with E-state index in [4.69, 9.17) is 0 Å². The van der Waals surface area contributed by atoms with Crippen LogP contribution in [0, 0.1) is 5.92 Å². The monoisotopic (exact) mass is 282 g/mol. The van der Waals surface area contributed by atoms with Crippen molar-refractivity contribution in [3.63, 3.8) is 0 Å². The van der Waals surface area contributed by atoms with Crippen LogP contribution < -0.4 is 5.32 Å². The Bertz CT molecular complexity index is 553. The lowest BCUT2D eigenvalue weighted by molar-refractivity contribution is 0.334. The molecule has 0 unspecified atom stereocenters. The maximum Gasteiger partial charge on any atom is 0.0734 e. The van der Waals surface area contributed by atoms with Crippen LogP contribution in [0.25, 0.3) is 10.9 Å². The number of rotatable bonds is 6. The van der Waals surface area contributed by atoms with Crippen LogP contribution in [0.5, 0.6) is 0 Å². The number of para-hydroxylation sites is 1. The lowest BCUT2D eigenvalue weighted by Crippen LogP contribution is -2.21. The second kappa shape index (κ2) is 7.56. The summed E-state index contributed by atoms with van der Waals surface area (Å²) in [7, 11) is 0. The highest BCUT2D eigenvalue weighted by molar-refractivity contribution is 5.81. The van der Waals surface area contributed by atoms with Gasteiger partial charge in [-0.2, -0.15) is 0 Å². The third-order valence-electron chi connectivity index (χ3n) is 4.74. The molecule has 0 amide bonds. The second-order valence-corrected chi connectivity index (χ2v) is 6.28. The Kier molecular flexibility index (Phi) is 5.23. The summed E-state index contributed by atoms with van der Waals surface area (Å²) >= 11 is 0. The number of benzene rings is 1. The molecule has 0 saturated heterocycles. The molecule has 1 N–H and O–H groups in total. The van der Waals surface area contributed by atoms with Gasteiger partial charge in [0, 0.05) is 11.6 Å². The number of hydrogen-bond acceptors (Lipinski definition) is 2. The highest BCUT2D eigenvalue weighted by Crippen LogP contribution is 2.25. The molecule has 1 fully saturated rings. The summed E-state index contributed by atoms with van der Waals surface area (Å²) in [5, 5.41) is 4.87. The van der Waals surface area contributed by atoms with Crippen molar-refractivity contribution in [2.45, 2.75) is 44.9 Å². The van der Waals surface area contributed by atoms with Crippen molar-refractivity contribution in [1.82, 2.24) is 10.3 Å². The van der Waals surface area contributed by atoms with Crippen LogP contribution >= 0.6 is 0 Å². The van der Waals surface area contributed by atoms with Crippen molar-refractivity contribution in [1.29, 1.82) is 0 Å². The third-order valence-corrected chi connectivity index (χ3v) is 4.74. The molecule has 1 heterocycles. The first-order chi connectivity index (χ1) is 10.4. The number of hydrogen-bond donors (Lipinski definition) is 1. The SMILES string of the molecule is c1cnc2c(CCNCCC3CCCCC3)cccc2c1. The minimum absolute atomic E-state index is 0.977. The summed E-state index contributed by atoms with van der Waals surface area (Å²) < 4.78 is 0. The van der Waals surface area contributed by atoms with Crippen LogP contribution in [-0.4, -0.2) is 18.1 Å². The van der Waals surface area contributed by atoms with Crippen molar-refractivity contribution in [3.05, 3.63) is 42.1 Å². The first kappa shape index (κ1) is 14.5. The van der Waals surface area contributed by atoms with Crippen LogP contribution in [0.15, 0.2) is 36.5 Å². The zero-order valence-electron chi connectivity index (χ0n) is 12.9. The molecule has 2 heteroatoms. The second-order valence-electron chi connectivity index (χ2n) is 6.28. The van der Waals surface area contributed by atoms with Crippen LogP contribution in [-0.2, 0) is 6.42 Å². The van der Waals surface area contributed by atoms with Gasteiger partial charge in [-0.15, -0.1) is 0 Å². The Labute approximate surface area is 128 Å². The molecule has 0 atom stereocenters. The molecular weight excluding hydrogens is 256 g/mol. The van der Waals surface area contributed by atoms with Crippen LogP contribution in [0.4, 0.5) is 0 Å². The van der Waals surface area contributed by atoms with E-state index >= 15 is 0 Å². The average Bonchev–Trinajstić information content (AvgIpc) is 2.56. The number of aromatic nitrogens is 1. The van der Waals surface area contributed by atoms with Crippen LogP contribution in [0.2, 0.25) is 0 Å². The maximum absolute atomic E-state index is 4.53. The summed E-state index contributed by atoms with van der Waals surface area (Å²) in [5.41, 5.74) is 2.52. The Hall–Kier alpha value is -1.41. The average molecular weight is 282 g/mol. The van der Waals surface area contributed by atoms with E-state index in [1.807, 2.05) is 12.3 Å². The van der Waals surface area contributed by atoms with Crippen molar-refractivity contribution in [2.75, 3.05) is 13.1 Å². The van der Waals surface area contributed by atoms with Gasteiger partial charge in [-0.1, -0.05) is 56.4 Å². The Morgan fingerprint density at radius 1 is 1.00 bits per heavy atom. The summed E-state index contributed by atoms with van der Waals surface area (Å²) in [4.78, 5) is 4.53. The van der Waals surface area contributed by atoms with E-state index in [-0.39, 0.29) is 0 Å². The van der Waals surface area contributed by atoms with Gasteiger partial charge in [-0.3, -0.25) is 4.98 Å². The van der Waals surface area contributed by atoms with Crippen molar-refractivity contribution < 1.29 is 0 Å². The van der Waals surface area contributed by atoms with E-state index in [0.29, 0.717) is 0 Å². The summed E-state index contributed by atoms with van der Waals surface area (Å²) in [6.07, 6.45) is 11.6. The van der Waals surface area contributed by atoms with E-state index in [0.717, 1.165) is 24.4 Å². The van der Waals surface area contributed by atoms with Gasteiger partial charge in [-0.25, -0.2) is 0 Å². The van der Waals surface area contributed by atoms with Crippen LogP contribution in [0.3, 0.4) is 0 Å². The van der Waals surface area contributed by atoms with E-state index in [1.54, 1.807) is 0 Å². The lowest BCUT2D eigenvalue weighted by atomic mass is 9.87. The van der Waals surface area contributed by atoms with Crippen LogP contribution in [0.1, 0.15) is 44.1 Å². The predicted octanol–water partition coefficient (Wildman–Crippen LogP) is 4.34. The molecule has 2 nitrogen and oxygen atoms in total. The summed E-state index contributed by atoms with van der Waals surface area (Å²) in [5.74, 6) is 0.977.